The van der Waals surface area contributed by atoms with E-state index in [0.29, 0.717) is 13.2 Å². The molecule has 10 heteroatoms. The van der Waals surface area contributed by atoms with Gasteiger partial charge in [-0.1, -0.05) is 12.1 Å². The average Bonchev–Trinajstić information content (AvgIpc) is 2.34. The van der Waals surface area contributed by atoms with Gasteiger partial charge in [0.1, 0.15) is 12.7 Å². The number of rotatable bonds is 2. The normalized spacial score (nSPS) is 16.6. The van der Waals surface area contributed by atoms with Crippen molar-refractivity contribution in [1.82, 2.24) is 5.32 Å². The summed E-state index contributed by atoms with van der Waals surface area (Å²) in [6.07, 6.45) is -0.108. The van der Waals surface area contributed by atoms with Crippen molar-refractivity contribution >= 4 is 13.8 Å². The fourth-order valence-corrected chi connectivity index (χ4v) is 1.39. The molecule has 1 aliphatic rings. The summed E-state index contributed by atoms with van der Waals surface area (Å²) >= 11 is 0. The third-order valence-corrected chi connectivity index (χ3v) is 2.09. The van der Waals surface area contributed by atoms with E-state index >= 15 is 0 Å². The first kappa shape index (κ1) is 16.3. The smallest absolute Gasteiger partial charge is 0.466 e. The lowest BCUT2D eigenvalue weighted by Gasteiger charge is -2.26. The summed E-state index contributed by atoms with van der Waals surface area (Å²) in [4.78, 5) is 21.6. The minimum Gasteiger partial charge on any atom is -0.486 e. The van der Waals surface area contributed by atoms with Crippen molar-refractivity contribution in [2.45, 2.75) is 6.10 Å². The van der Waals surface area contributed by atoms with Gasteiger partial charge in [0, 0.05) is 0 Å². The predicted octanol–water partition coefficient (Wildman–Crippen LogP) is -0.619. The van der Waals surface area contributed by atoms with Crippen LogP contribution in [0.1, 0.15) is 0 Å². The van der Waals surface area contributed by atoms with Gasteiger partial charge in [-0.15, -0.1) is 0 Å². The number of hydrogen-bond donors (Lipinski definition) is 6. The Labute approximate surface area is 115 Å². The summed E-state index contributed by atoms with van der Waals surface area (Å²) < 4.78 is 20.0. The highest BCUT2D eigenvalue weighted by Gasteiger charge is 2.20. The average molecular weight is 305 g/mol. The highest BCUT2D eigenvalue weighted by Crippen LogP contribution is 2.30. The molecular weight excluding hydrogens is 289 g/mol. The standard InChI is InChI=1S/C10H13N3O2.H3O4P/c11-10(12)13-5-7-6-14-8-3-1-2-4-9(8)15-7;1-5(2,3)4/h1-4,7H,5-6H2,(H4,11,12,13);(H3,1,2,3,4). The van der Waals surface area contributed by atoms with Crippen molar-refractivity contribution in [1.29, 1.82) is 5.41 Å². The number of para-hydroxylation sites is 2. The van der Waals surface area contributed by atoms with Crippen LogP contribution in [0.4, 0.5) is 0 Å². The second-order valence-electron chi connectivity index (χ2n) is 3.81. The van der Waals surface area contributed by atoms with Crippen LogP contribution < -0.4 is 20.5 Å². The zero-order valence-corrected chi connectivity index (χ0v) is 11.3. The number of nitrogens with two attached hydrogens (primary N) is 1. The number of guanidine groups is 1. The van der Waals surface area contributed by atoms with Gasteiger partial charge in [0.2, 0.25) is 0 Å². The largest absolute Gasteiger partial charge is 0.486 e. The molecule has 20 heavy (non-hydrogen) atoms. The third kappa shape index (κ3) is 6.95. The lowest BCUT2D eigenvalue weighted by molar-refractivity contribution is 0.0937. The van der Waals surface area contributed by atoms with Gasteiger partial charge >= 0.3 is 7.82 Å². The maximum atomic E-state index is 8.88. The minimum atomic E-state index is -4.64. The fourth-order valence-electron chi connectivity index (χ4n) is 1.39. The Kier molecular flexibility index (Phi) is 5.78. The highest BCUT2D eigenvalue weighted by molar-refractivity contribution is 7.45. The molecule has 0 fully saturated rings. The SMILES string of the molecule is N=C(N)NCC1COc2ccccc2O1.O=P(O)(O)O. The second-order valence-corrected chi connectivity index (χ2v) is 4.83. The summed E-state index contributed by atoms with van der Waals surface area (Å²) in [6.45, 7) is 0.945. The summed E-state index contributed by atoms with van der Waals surface area (Å²) in [6, 6.07) is 7.51. The molecule has 1 atom stereocenters. The van der Waals surface area contributed by atoms with Crippen LogP contribution in [-0.4, -0.2) is 39.9 Å². The highest BCUT2D eigenvalue weighted by atomic mass is 31.2. The molecule has 1 aromatic carbocycles. The maximum absolute atomic E-state index is 8.88. The second kappa shape index (κ2) is 7.11. The molecule has 0 amide bonds. The molecule has 0 saturated carbocycles. The Balaban J connectivity index is 0.000000347. The van der Waals surface area contributed by atoms with Gasteiger partial charge in [0.15, 0.2) is 17.5 Å². The zero-order chi connectivity index (χ0) is 15.2. The van der Waals surface area contributed by atoms with E-state index < -0.39 is 7.82 Å². The molecule has 0 radical (unpaired) electrons. The van der Waals surface area contributed by atoms with Crippen LogP contribution in [0.25, 0.3) is 0 Å². The Bertz CT molecular complexity index is 497. The van der Waals surface area contributed by atoms with E-state index in [2.05, 4.69) is 5.32 Å². The number of hydrogen-bond acceptors (Lipinski definition) is 4. The summed E-state index contributed by atoms with van der Waals surface area (Å²) in [5.74, 6) is 1.44. The topological polar surface area (TPSA) is 158 Å². The van der Waals surface area contributed by atoms with Crippen molar-refractivity contribution in [2.24, 2.45) is 5.73 Å². The van der Waals surface area contributed by atoms with E-state index in [4.69, 9.17) is 39.9 Å². The minimum absolute atomic E-state index is 0.0579. The van der Waals surface area contributed by atoms with Gasteiger partial charge in [-0.25, -0.2) is 4.57 Å². The van der Waals surface area contributed by atoms with E-state index in [0.717, 1.165) is 11.5 Å². The molecule has 0 aromatic heterocycles. The molecule has 1 aliphatic heterocycles. The number of nitrogens with one attached hydrogen (secondary N) is 2. The van der Waals surface area contributed by atoms with Crippen LogP contribution in [0.3, 0.4) is 0 Å². The fraction of sp³-hybridized carbons (Fsp3) is 0.300. The third-order valence-electron chi connectivity index (χ3n) is 2.09. The number of fused-ring (bicyclic) bond motifs is 1. The van der Waals surface area contributed by atoms with Crippen LogP contribution in [0.5, 0.6) is 11.5 Å². The molecule has 9 nitrogen and oxygen atoms in total. The van der Waals surface area contributed by atoms with E-state index in [-0.39, 0.29) is 12.1 Å². The Morgan fingerprint density at radius 3 is 2.50 bits per heavy atom. The first-order valence-electron chi connectivity index (χ1n) is 5.50. The predicted molar refractivity (Wildman–Crippen MR) is 70.5 cm³/mol. The van der Waals surface area contributed by atoms with E-state index in [1.165, 1.54) is 0 Å². The summed E-state index contributed by atoms with van der Waals surface area (Å²) in [7, 11) is -4.64. The lowest BCUT2D eigenvalue weighted by Crippen LogP contribution is -2.42. The molecule has 1 aromatic rings. The van der Waals surface area contributed by atoms with E-state index in [1.54, 1.807) is 0 Å². The van der Waals surface area contributed by atoms with Crippen LogP contribution in [0.2, 0.25) is 0 Å². The van der Waals surface area contributed by atoms with Crippen LogP contribution in [0, 0.1) is 5.41 Å². The maximum Gasteiger partial charge on any atom is 0.466 e. The molecule has 1 unspecified atom stereocenters. The van der Waals surface area contributed by atoms with Gasteiger partial charge in [0.25, 0.3) is 0 Å². The van der Waals surface area contributed by atoms with Crippen molar-refractivity contribution in [3.8, 4) is 11.5 Å². The van der Waals surface area contributed by atoms with E-state index in [9.17, 15) is 0 Å². The molecule has 0 aliphatic carbocycles. The van der Waals surface area contributed by atoms with Crippen molar-refractivity contribution in [3.63, 3.8) is 0 Å². The quantitative estimate of drug-likeness (QED) is 0.240. The number of phosphoric acid groups is 1. The van der Waals surface area contributed by atoms with Gasteiger partial charge < -0.3 is 35.2 Å². The van der Waals surface area contributed by atoms with Crippen molar-refractivity contribution in [3.05, 3.63) is 24.3 Å². The van der Waals surface area contributed by atoms with Crippen molar-refractivity contribution in [2.75, 3.05) is 13.2 Å². The van der Waals surface area contributed by atoms with E-state index in [1.807, 2.05) is 24.3 Å². The molecule has 0 saturated heterocycles. The van der Waals surface area contributed by atoms with Crippen LogP contribution in [0.15, 0.2) is 24.3 Å². The summed E-state index contributed by atoms with van der Waals surface area (Å²) in [5.41, 5.74) is 5.18. The molecular formula is C10H16N3O6P. The Hall–Kier alpha value is -1.80. The number of benzene rings is 1. The van der Waals surface area contributed by atoms with Crippen LogP contribution in [-0.2, 0) is 4.57 Å². The lowest BCUT2D eigenvalue weighted by atomic mass is 10.2. The molecule has 7 N–H and O–H groups in total. The van der Waals surface area contributed by atoms with Gasteiger partial charge in [0.05, 0.1) is 6.54 Å². The first-order valence-corrected chi connectivity index (χ1v) is 7.07. The van der Waals surface area contributed by atoms with Crippen LogP contribution >= 0.6 is 7.82 Å². The molecule has 1 heterocycles. The van der Waals surface area contributed by atoms with Gasteiger partial charge in [-0.05, 0) is 12.1 Å². The Morgan fingerprint density at radius 1 is 1.40 bits per heavy atom. The van der Waals surface area contributed by atoms with Crippen molar-refractivity contribution < 1.29 is 28.7 Å². The zero-order valence-electron chi connectivity index (χ0n) is 10.4. The first-order chi connectivity index (χ1) is 9.25. The van der Waals surface area contributed by atoms with Gasteiger partial charge in [-0.3, -0.25) is 5.41 Å². The number of ether oxygens (including phenoxy) is 2. The monoisotopic (exact) mass is 305 g/mol. The molecule has 0 spiro atoms. The molecule has 112 valence electrons. The molecule has 0 bridgehead atoms. The van der Waals surface area contributed by atoms with Gasteiger partial charge in [-0.2, -0.15) is 0 Å². The summed E-state index contributed by atoms with van der Waals surface area (Å²) in [5, 5.41) is 9.73. The molecule has 2 rings (SSSR count). The Morgan fingerprint density at radius 2 is 1.95 bits per heavy atom.